The van der Waals surface area contributed by atoms with E-state index in [4.69, 9.17) is 5.73 Å². The molecule has 1 rings (SSSR count). The molecule has 2 nitrogen and oxygen atoms in total. The fourth-order valence-corrected chi connectivity index (χ4v) is 1.79. The van der Waals surface area contributed by atoms with E-state index in [-0.39, 0.29) is 18.0 Å². The standard InChI is InChI=1S/C13H17F2NO/c1-8(2)5-9(7-16)13(17)11-6-10(14)3-4-12(11)15/h3-4,6,8-9H,5,7,16H2,1-2H3. The average Bonchev–Trinajstić information content (AvgIpc) is 2.28. The van der Waals surface area contributed by atoms with Crippen LogP contribution in [0.15, 0.2) is 18.2 Å². The molecule has 0 fully saturated rings. The molecule has 0 saturated carbocycles. The van der Waals surface area contributed by atoms with E-state index >= 15 is 0 Å². The summed E-state index contributed by atoms with van der Waals surface area (Å²) in [5.41, 5.74) is 5.30. The van der Waals surface area contributed by atoms with E-state index in [2.05, 4.69) is 0 Å². The molecule has 0 radical (unpaired) electrons. The van der Waals surface area contributed by atoms with Crippen molar-refractivity contribution in [2.24, 2.45) is 17.6 Å². The number of hydrogen-bond donors (Lipinski definition) is 1. The van der Waals surface area contributed by atoms with Gasteiger partial charge in [-0.1, -0.05) is 13.8 Å². The second kappa shape index (κ2) is 5.87. The van der Waals surface area contributed by atoms with Gasteiger partial charge in [-0.15, -0.1) is 0 Å². The van der Waals surface area contributed by atoms with E-state index in [1.54, 1.807) is 0 Å². The van der Waals surface area contributed by atoms with Gasteiger partial charge in [-0.3, -0.25) is 4.79 Å². The molecule has 0 heterocycles. The summed E-state index contributed by atoms with van der Waals surface area (Å²) in [6.45, 7) is 4.06. The largest absolute Gasteiger partial charge is 0.330 e. The summed E-state index contributed by atoms with van der Waals surface area (Å²) in [5.74, 6) is -1.90. The summed E-state index contributed by atoms with van der Waals surface area (Å²) in [5, 5.41) is 0. The summed E-state index contributed by atoms with van der Waals surface area (Å²) in [6, 6.07) is 2.89. The molecule has 0 aliphatic rings. The third-order valence-electron chi connectivity index (χ3n) is 2.61. The highest BCUT2D eigenvalue weighted by Crippen LogP contribution is 2.19. The van der Waals surface area contributed by atoms with E-state index in [0.29, 0.717) is 6.42 Å². The Labute approximate surface area is 99.8 Å². The van der Waals surface area contributed by atoms with Crippen molar-refractivity contribution in [1.82, 2.24) is 0 Å². The minimum Gasteiger partial charge on any atom is -0.330 e. The van der Waals surface area contributed by atoms with Crippen LogP contribution in [-0.4, -0.2) is 12.3 Å². The SMILES string of the molecule is CC(C)CC(CN)C(=O)c1cc(F)ccc1F. The highest BCUT2D eigenvalue weighted by atomic mass is 19.1. The molecule has 4 heteroatoms. The van der Waals surface area contributed by atoms with Gasteiger partial charge in [0.15, 0.2) is 5.78 Å². The number of carbonyl (C=O) groups excluding carboxylic acids is 1. The first-order chi connectivity index (χ1) is 7.95. The topological polar surface area (TPSA) is 43.1 Å². The van der Waals surface area contributed by atoms with Crippen LogP contribution in [0, 0.1) is 23.5 Å². The fraction of sp³-hybridized carbons (Fsp3) is 0.462. The smallest absolute Gasteiger partial charge is 0.170 e. The van der Waals surface area contributed by atoms with Crippen molar-refractivity contribution in [3.63, 3.8) is 0 Å². The van der Waals surface area contributed by atoms with Crippen LogP contribution in [0.25, 0.3) is 0 Å². The van der Waals surface area contributed by atoms with Gasteiger partial charge in [-0.25, -0.2) is 8.78 Å². The quantitative estimate of drug-likeness (QED) is 0.805. The van der Waals surface area contributed by atoms with Gasteiger partial charge >= 0.3 is 0 Å². The molecule has 0 bridgehead atoms. The van der Waals surface area contributed by atoms with Crippen molar-refractivity contribution < 1.29 is 13.6 Å². The van der Waals surface area contributed by atoms with Crippen LogP contribution in [0.3, 0.4) is 0 Å². The number of Topliss-reactive ketones (excluding diaryl/α,β-unsaturated/α-hetero) is 1. The zero-order valence-electron chi connectivity index (χ0n) is 10.0. The van der Waals surface area contributed by atoms with Crippen molar-refractivity contribution >= 4 is 5.78 Å². The van der Waals surface area contributed by atoms with Gasteiger partial charge in [0.2, 0.25) is 0 Å². The van der Waals surface area contributed by atoms with E-state index in [9.17, 15) is 13.6 Å². The van der Waals surface area contributed by atoms with Gasteiger partial charge in [-0.2, -0.15) is 0 Å². The van der Waals surface area contributed by atoms with Crippen LogP contribution in [0.2, 0.25) is 0 Å². The minimum absolute atomic E-state index is 0.146. The highest BCUT2D eigenvalue weighted by Gasteiger charge is 2.22. The summed E-state index contributed by atoms with van der Waals surface area (Å²) < 4.78 is 26.4. The molecular weight excluding hydrogens is 224 g/mol. The summed E-state index contributed by atoms with van der Waals surface area (Å²) in [4.78, 5) is 12.0. The lowest BCUT2D eigenvalue weighted by Gasteiger charge is -2.16. The van der Waals surface area contributed by atoms with Gasteiger partial charge in [0.25, 0.3) is 0 Å². The van der Waals surface area contributed by atoms with Gasteiger partial charge in [-0.05, 0) is 30.5 Å². The van der Waals surface area contributed by atoms with Crippen LogP contribution < -0.4 is 5.73 Å². The third kappa shape index (κ3) is 3.60. The fourth-order valence-electron chi connectivity index (χ4n) is 1.79. The maximum atomic E-state index is 13.4. The molecule has 0 spiro atoms. The van der Waals surface area contributed by atoms with E-state index in [0.717, 1.165) is 18.2 Å². The summed E-state index contributed by atoms with van der Waals surface area (Å²) in [6.07, 6.45) is 0.575. The Morgan fingerprint density at radius 1 is 1.35 bits per heavy atom. The number of benzene rings is 1. The van der Waals surface area contributed by atoms with Crippen LogP contribution >= 0.6 is 0 Å². The predicted octanol–water partition coefficient (Wildman–Crippen LogP) is 2.77. The number of carbonyl (C=O) groups is 1. The van der Waals surface area contributed by atoms with Gasteiger partial charge < -0.3 is 5.73 Å². The lowest BCUT2D eigenvalue weighted by molar-refractivity contribution is 0.0904. The Bertz CT molecular complexity index is 404. The van der Waals surface area contributed by atoms with Crippen molar-refractivity contribution in [3.8, 4) is 0 Å². The number of nitrogens with two attached hydrogens (primary N) is 1. The van der Waals surface area contributed by atoms with Crippen molar-refractivity contribution in [3.05, 3.63) is 35.4 Å². The lowest BCUT2D eigenvalue weighted by Crippen LogP contribution is -2.26. The molecule has 1 aromatic carbocycles. The van der Waals surface area contributed by atoms with Crippen LogP contribution in [-0.2, 0) is 0 Å². The zero-order chi connectivity index (χ0) is 13.0. The Kier molecular flexibility index (Phi) is 4.75. The van der Waals surface area contributed by atoms with Crippen LogP contribution in [0.5, 0.6) is 0 Å². The first-order valence-electron chi connectivity index (χ1n) is 5.65. The van der Waals surface area contributed by atoms with Crippen LogP contribution in [0.1, 0.15) is 30.6 Å². The Balaban J connectivity index is 2.97. The third-order valence-corrected chi connectivity index (χ3v) is 2.61. The van der Waals surface area contributed by atoms with Crippen LogP contribution in [0.4, 0.5) is 8.78 Å². The number of rotatable bonds is 5. The van der Waals surface area contributed by atoms with Crippen molar-refractivity contribution in [1.29, 1.82) is 0 Å². The highest BCUT2D eigenvalue weighted by molar-refractivity contribution is 5.98. The second-order valence-corrected chi connectivity index (χ2v) is 4.55. The Morgan fingerprint density at radius 2 is 2.00 bits per heavy atom. The Morgan fingerprint density at radius 3 is 2.53 bits per heavy atom. The predicted molar refractivity (Wildman–Crippen MR) is 62.7 cm³/mol. The first kappa shape index (κ1) is 13.8. The molecule has 0 aromatic heterocycles. The van der Waals surface area contributed by atoms with E-state index in [1.165, 1.54) is 0 Å². The number of ketones is 1. The molecule has 0 aliphatic carbocycles. The molecule has 0 saturated heterocycles. The molecule has 17 heavy (non-hydrogen) atoms. The van der Waals surface area contributed by atoms with Crippen molar-refractivity contribution in [2.75, 3.05) is 6.54 Å². The maximum Gasteiger partial charge on any atom is 0.170 e. The molecule has 0 amide bonds. The molecule has 2 N–H and O–H groups in total. The van der Waals surface area contributed by atoms with Gasteiger partial charge in [0.1, 0.15) is 11.6 Å². The lowest BCUT2D eigenvalue weighted by atomic mass is 9.89. The van der Waals surface area contributed by atoms with Gasteiger partial charge in [0.05, 0.1) is 5.56 Å². The van der Waals surface area contributed by atoms with Gasteiger partial charge in [0, 0.05) is 12.5 Å². The monoisotopic (exact) mass is 241 g/mol. The summed E-state index contributed by atoms with van der Waals surface area (Å²) in [7, 11) is 0. The average molecular weight is 241 g/mol. The molecule has 1 atom stereocenters. The maximum absolute atomic E-state index is 13.4. The number of halogens is 2. The Hall–Kier alpha value is -1.29. The zero-order valence-corrected chi connectivity index (χ0v) is 10.0. The summed E-state index contributed by atoms with van der Waals surface area (Å²) >= 11 is 0. The molecule has 1 aromatic rings. The molecular formula is C13H17F2NO. The first-order valence-corrected chi connectivity index (χ1v) is 5.65. The molecule has 0 aliphatic heterocycles. The van der Waals surface area contributed by atoms with Crippen molar-refractivity contribution in [2.45, 2.75) is 20.3 Å². The normalized spacial score (nSPS) is 12.8. The minimum atomic E-state index is -0.696. The van der Waals surface area contributed by atoms with E-state index < -0.39 is 23.3 Å². The molecule has 94 valence electrons. The second-order valence-electron chi connectivity index (χ2n) is 4.55. The van der Waals surface area contributed by atoms with E-state index in [1.807, 2.05) is 13.8 Å². The number of hydrogen-bond acceptors (Lipinski definition) is 2. The molecule has 1 unspecified atom stereocenters.